The third-order valence-corrected chi connectivity index (χ3v) is 5.49. The predicted molar refractivity (Wildman–Crippen MR) is 119 cm³/mol. The van der Waals surface area contributed by atoms with Crippen molar-refractivity contribution in [3.8, 4) is 0 Å². The fourth-order valence-corrected chi connectivity index (χ4v) is 3.87. The number of anilines is 1. The van der Waals surface area contributed by atoms with E-state index in [2.05, 4.69) is 15.3 Å². The van der Waals surface area contributed by atoms with Gasteiger partial charge in [-0.3, -0.25) is 4.79 Å². The highest BCUT2D eigenvalue weighted by Gasteiger charge is 2.17. The lowest BCUT2D eigenvalue weighted by Crippen LogP contribution is -2.14. The highest BCUT2D eigenvalue weighted by atomic mass is 19.1. The van der Waals surface area contributed by atoms with Crippen molar-refractivity contribution < 1.29 is 19.4 Å². The van der Waals surface area contributed by atoms with Crippen molar-refractivity contribution in [1.29, 1.82) is 0 Å². The summed E-state index contributed by atoms with van der Waals surface area (Å²) in [5.41, 5.74) is 2.96. The molecule has 3 aromatic rings. The van der Waals surface area contributed by atoms with Crippen LogP contribution in [0.3, 0.4) is 0 Å². The summed E-state index contributed by atoms with van der Waals surface area (Å²) in [6.07, 6.45) is 7.74. The van der Waals surface area contributed by atoms with Gasteiger partial charge in [0, 0.05) is 25.2 Å². The zero-order valence-corrected chi connectivity index (χ0v) is 17.5. The molecule has 0 bridgehead atoms. The summed E-state index contributed by atoms with van der Waals surface area (Å²) in [5, 5.41) is 23.0. The Morgan fingerprint density at radius 3 is 3.00 bits per heavy atom. The maximum atomic E-state index is 13.6. The van der Waals surface area contributed by atoms with Crippen LogP contribution >= 0.6 is 0 Å². The van der Waals surface area contributed by atoms with E-state index >= 15 is 0 Å². The molecule has 0 aliphatic carbocycles. The molecule has 2 aromatic heterocycles. The van der Waals surface area contributed by atoms with Gasteiger partial charge in [0.25, 0.3) is 0 Å². The lowest BCUT2D eigenvalue weighted by molar-refractivity contribution is -0.137. The number of halogens is 1. The lowest BCUT2D eigenvalue weighted by atomic mass is 9.95. The smallest absolute Gasteiger partial charge is 0.304 e. The van der Waals surface area contributed by atoms with Gasteiger partial charge in [-0.15, -0.1) is 0 Å². The number of carboxylic acid groups (broad SMARTS) is 1. The van der Waals surface area contributed by atoms with E-state index in [1.54, 1.807) is 41.4 Å². The second kappa shape index (κ2) is 9.74. The Morgan fingerprint density at radius 1 is 1.31 bits per heavy atom. The number of hydrogen-bond donors (Lipinski definition) is 3. The molecule has 0 radical (unpaired) electrons. The molecule has 0 saturated carbocycles. The fraction of sp³-hybridized carbons (Fsp3) is 0.292. The highest BCUT2D eigenvalue weighted by Crippen LogP contribution is 2.24. The first-order valence-electron chi connectivity index (χ1n) is 10.6. The molecule has 1 aliphatic heterocycles. The van der Waals surface area contributed by atoms with E-state index in [9.17, 15) is 19.4 Å². The number of carboxylic acids is 1. The quantitative estimate of drug-likeness (QED) is 0.497. The van der Waals surface area contributed by atoms with Crippen molar-refractivity contribution in [3.05, 3.63) is 83.3 Å². The Hall–Kier alpha value is -3.52. The molecule has 32 heavy (non-hydrogen) atoms. The first kappa shape index (κ1) is 21.7. The van der Waals surface area contributed by atoms with Crippen LogP contribution in [0.4, 0.5) is 10.2 Å². The molecule has 2 unspecified atom stereocenters. The number of pyridine rings is 1. The minimum absolute atomic E-state index is 0.121. The number of hydrogen-bond acceptors (Lipinski definition) is 5. The summed E-state index contributed by atoms with van der Waals surface area (Å²) in [4.78, 5) is 20.1. The van der Waals surface area contributed by atoms with E-state index in [0.717, 1.165) is 30.8 Å². The number of aryl methyl sites for hydroxylation is 1. The molecule has 0 spiro atoms. The van der Waals surface area contributed by atoms with Gasteiger partial charge < -0.3 is 20.1 Å². The number of aliphatic hydroxyl groups excluding tert-OH is 1. The Labute approximate surface area is 185 Å². The molecule has 0 saturated heterocycles. The van der Waals surface area contributed by atoms with Crippen molar-refractivity contribution in [2.45, 2.75) is 37.8 Å². The van der Waals surface area contributed by atoms with Gasteiger partial charge in [0.1, 0.15) is 17.7 Å². The van der Waals surface area contributed by atoms with Gasteiger partial charge in [0.05, 0.1) is 24.1 Å². The monoisotopic (exact) mass is 436 g/mol. The molecule has 3 N–H and O–H groups in total. The maximum absolute atomic E-state index is 13.6. The summed E-state index contributed by atoms with van der Waals surface area (Å²) in [5.74, 6) is -0.916. The molecule has 4 rings (SSSR count). The molecule has 1 aromatic carbocycles. The number of nitrogens with one attached hydrogen (secondary N) is 1. The van der Waals surface area contributed by atoms with Crippen LogP contribution in [0.25, 0.3) is 6.08 Å². The number of carbonyl (C=O) groups is 1. The summed E-state index contributed by atoms with van der Waals surface area (Å²) < 4.78 is 15.4. The Kier molecular flexibility index (Phi) is 6.61. The molecule has 0 fully saturated rings. The third-order valence-electron chi connectivity index (χ3n) is 5.49. The molecule has 2 atom stereocenters. The van der Waals surface area contributed by atoms with Crippen LogP contribution in [-0.2, 0) is 17.8 Å². The van der Waals surface area contributed by atoms with Crippen LogP contribution in [0.5, 0.6) is 0 Å². The Bertz CT molecular complexity index is 1130. The summed E-state index contributed by atoms with van der Waals surface area (Å²) in [7, 11) is 0. The van der Waals surface area contributed by atoms with Crippen molar-refractivity contribution in [1.82, 2.24) is 14.5 Å². The van der Waals surface area contributed by atoms with Gasteiger partial charge in [-0.2, -0.15) is 0 Å². The van der Waals surface area contributed by atoms with E-state index in [1.165, 1.54) is 12.1 Å². The zero-order valence-electron chi connectivity index (χ0n) is 17.5. The van der Waals surface area contributed by atoms with Gasteiger partial charge in [0.2, 0.25) is 0 Å². The first-order chi connectivity index (χ1) is 15.5. The fourth-order valence-electron chi connectivity index (χ4n) is 3.87. The minimum atomic E-state index is -0.949. The molecule has 8 heteroatoms. The average Bonchev–Trinajstić information content (AvgIpc) is 3.23. The Morgan fingerprint density at radius 2 is 2.19 bits per heavy atom. The van der Waals surface area contributed by atoms with Crippen molar-refractivity contribution >= 4 is 17.9 Å². The van der Waals surface area contributed by atoms with Crippen LogP contribution in [-0.4, -0.2) is 37.3 Å². The second-order valence-corrected chi connectivity index (χ2v) is 7.92. The second-order valence-electron chi connectivity index (χ2n) is 7.92. The number of fused-ring (bicyclic) bond motifs is 1. The number of benzene rings is 1. The van der Waals surface area contributed by atoms with Gasteiger partial charge >= 0.3 is 5.97 Å². The van der Waals surface area contributed by atoms with E-state index in [4.69, 9.17) is 0 Å². The zero-order chi connectivity index (χ0) is 22.5. The number of nitrogens with zero attached hydrogens (tertiary/aromatic N) is 3. The molecule has 1 aliphatic rings. The lowest BCUT2D eigenvalue weighted by Gasteiger charge is -2.18. The molecule has 0 amide bonds. The van der Waals surface area contributed by atoms with Crippen molar-refractivity contribution in [2.24, 2.45) is 0 Å². The first-order valence-corrected chi connectivity index (χ1v) is 10.6. The van der Waals surface area contributed by atoms with Crippen LogP contribution < -0.4 is 5.32 Å². The van der Waals surface area contributed by atoms with E-state index in [-0.39, 0.29) is 6.42 Å². The number of rotatable bonds is 8. The molecule has 3 heterocycles. The van der Waals surface area contributed by atoms with E-state index < -0.39 is 23.8 Å². The maximum Gasteiger partial charge on any atom is 0.304 e. The molecule has 7 nitrogen and oxygen atoms in total. The van der Waals surface area contributed by atoms with Gasteiger partial charge in [0.15, 0.2) is 0 Å². The molecular weight excluding hydrogens is 411 g/mol. The topological polar surface area (TPSA) is 100 Å². The van der Waals surface area contributed by atoms with Gasteiger partial charge in [-0.05, 0) is 54.3 Å². The van der Waals surface area contributed by atoms with Crippen LogP contribution in [0.2, 0.25) is 0 Å². The minimum Gasteiger partial charge on any atom is -0.481 e. The Balaban J connectivity index is 1.44. The molecular formula is C24H25FN4O3. The predicted octanol–water partition coefficient (Wildman–Crippen LogP) is 3.78. The summed E-state index contributed by atoms with van der Waals surface area (Å²) in [6, 6.07) is 9.82. The highest BCUT2D eigenvalue weighted by molar-refractivity contribution is 5.68. The van der Waals surface area contributed by atoms with Crippen LogP contribution in [0.1, 0.15) is 47.4 Å². The van der Waals surface area contributed by atoms with Gasteiger partial charge in [-0.1, -0.05) is 18.2 Å². The van der Waals surface area contributed by atoms with E-state index in [0.29, 0.717) is 23.5 Å². The number of aliphatic hydroxyl groups is 1. The normalized spacial score (nSPS) is 15.2. The summed E-state index contributed by atoms with van der Waals surface area (Å²) in [6.45, 7) is 1.22. The summed E-state index contributed by atoms with van der Waals surface area (Å²) >= 11 is 0. The van der Waals surface area contributed by atoms with Crippen molar-refractivity contribution in [3.63, 3.8) is 0 Å². The number of imidazole rings is 1. The van der Waals surface area contributed by atoms with E-state index in [1.807, 2.05) is 12.1 Å². The third kappa shape index (κ3) is 5.39. The molecule has 166 valence electrons. The van der Waals surface area contributed by atoms with Gasteiger partial charge in [-0.25, -0.2) is 14.4 Å². The average molecular weight is 436 g/mol. The number of aromatic nitrogens is 3. The standard InChI is InChI=1S/C24H25FN4O3/c25-19-5-1-3-17(11-19)18(12-23(31)32)13-29-14-20(27-15-29)7-9-22(30)21-8-6-16-4-2-10-26-24(16)28-21/h1,3,5-9,11,14-15,18,22,30H,2,4,10,12-13H2,(H,26,28)(H,31,32)/b9-7+. The number of aliphatic carboxylic acids is 1. The van der Waals surface area contributed by atoms with Crippen LogP contribution in [0.15, 0.2) is 55.0 Å². The SMILES string of the molecule is O=C(O)CC(Cn1cnc(/C=C/C(O)c2ccc3c(n2)NCCC3)c1)c1cccc(F)c1. The largest absolute Gasteiger partial charge is 0.481 e. The van der Waals surface area contributed by atoms with Crippen LogP contribution in [0, 0.1) is 5.82 Å². The van der Waals surface area contributed by atoms with Crippen molar-refractivity contribution in [2.75, 3.05) is 11.9 Å².